The van der Waals surface area contributed by atoms with Gasteiger partial charge in [0.2, 0.25) is 11.8 Å². The summed E-state index contributed by atoms with van der Waals surface area (Å²) in [6.07, 6.45) is 3.62. The number of carbonyl (C=O) groups excluding carboxylic acids is 6. The van der Waals surface area contributed by atoms with Crippen LogP contribution >= 0.6 is 0 Å². The van der Waals surface area contributed by atoms with Crippen molar-refractivity contribution in [1.82, 2.24) is 40.8 Å². The molecule has 0 aliphatic rings. The van der Waals surface area contributed by atoms with Gasteiger partial charge in [0.05, 0.1) is 65.2 Å². The molecule has 4 amide bonds. The number of hydrogen-bond acceptors (Lipinski definition) is 14. The van der Waals surface area contributed by atoms with Crippen molar-refractivity contribution in [3.05, 3.63) is 59.9 Å². The van der Waals surface area contributed by atoms with E-state index >= 15 is 0 Å². The van der Waals surface area contributed by atoms with Crippen molar-refractivity contribution in [2.75, 3.05) is 55.7 Å². The minimum Gasteiger partial charge on any atom is -0.496 e. The molecular weight excluding hydrogens is 941 g/mol. The lowest BCUT2D eigenvalue weighted by Crippen LogP contribution is -2.48. The number of methoxy groups -OCH3 is 6. The molecule has 0 spiro atoms. The van der Waals surface area contributed by atoms with E-state index in [0.717, 1.165) is 19.3 Å². The predicted octanol–water partition coefficient (Wildman–Crippen LogP) is 6.48. The maximum atomic E-state index is 13.3. The Hall–Kier alpha value is -7.12. The average Bonchev–Trinajstić information content (AvgIpc) is 4.01. The molecule has 0 saturated heterocycles. The van der Waals surface area contributed by atoms with Gasteiger partial charge in [0.15, 0.2) is 11.4 Å². The van der Waals surface area contributed by atoms with Crippen molar-refractivity contribution in [3.8, 4) is 45.5 Å². The van der Waals surface area contributed by atoms with E-state index in [1.807, 2.05) is 68.8 Å². The number of hydrogen-bond donors (Lipinski definition) is 4. The number of carbonyl (C=O) groups is 6. The van der Waals surface area contributed by atoms with Gasteiger partial charge in [-0.05, 0) is 72.9 Å². The Morgan fingerprint density at radius 2 is 0.890 bits per heavy atom. The highest BCUT2D eigenvalue weighted by Gasteiger charge is 2.29. The first kappa shape index (κ1) is 60.2. The highest BCUT2D eigenvalue weighted by molar-refractivity contribution is 5.99. The second-order valence-electron chi connectivity index (χ2n) is 18.4. The quantitative estimate of drug-likeness (QED) is 0.0468. The van der Waals surface area contributed by atoms with Crippen LogP contribution in [-0.4, -0.2) is 123 Å². The second-order valence-corrected chi connectivity index (χ2v) is 18.4. The summed E-state index contributed by atoms with van der Waals surface area (Å²) in [7, 11) is 8.79. The van der Waals surface area contributed by atoms with Gasteiger partial charge in [-0.1, -0.05) is 86.8 Å². The Kier molecular flexibility index (Phi) is 24.8. The SMILES string of the molecule is CCC(C)Cn1nc(C(=O)N[C@@H](CC(C)C)C(=O)NCC(=O)OC)cc1-c1c(OC)cccc1OC.CCC(CC)Cn1nc(C(=O)N[C@@H](CC(C)C)C(=O)NCC(=O)OC)cc1-c1c(OC)cccc1OC. The molecule has 0 radical (unpaired) electrons. The zero-order valence-electron chi connectivity index (χ0n) is 45.1. The molecule has 2 heterocycles. The van der Waals surface area contributed by atoms with E-state index in [1.54, 1.807) is 45.3 Å². The predicted molar refractivity (Wildman–Crippen MR) is 277 cm³/mol. The van der Waals surface area contributed by atoms with Crippen molar-refractivity contribution in [2.24, 2.45) is 23.7 Å². The van der Waals surface area contributed by atoms with Gasteiger partial charge in [-0.25, -0.2) is 0 Å². The summed E-state index contributed by atoms with van der Waals surface area (Å²) < 4.78 is 35.1. The summed E-state index contributed by atoms with van der Waals surface area (Å²) in [6, 6.07) is 12.6. The third kappa shape index (κ3) is 17.6. The molecule has 73 heavy (non-hydrogen) atoms. The highest BCUT2D eigenvalue weighted by atomic mass is 16.5. The van der Waals surface area contributed by atoms with Crippen LogP contribution in [0.2, 0.25) is 0 Å². The van der Waals surface area contributed by atoms with Crippen LogP contribution in [0.25, 0.3) is 22.5 Å². The zero-order valence-corrected chi connectivity index (χ0v) is 45.1. The highest BCUT2D eigenvalue weighted by Crippen LogP contribution is 2.40. The lowest BCUT2D eigenvalue weighted by atomic mass is 10.0. The fraction of sp³-hybridized carbons (Fsp3) is 0.547. The molecule has 0 aliphatic carbocycles. The molecule has 0 fully saturated rings. The van der Waals surface area contributed by atoms with Gasteiger partial charge < -0.3 is 49.7 Å². The summed E-state index contributed by atoms with van der Waals surface area (Å²) in [5.74, 6) is 0.215. The molecule has 0 saturated carbocycles. The molecule has 4 N–H and O–H groups in total. The molecular formula is C53H78N8O12. The summed E-state index contributed by atoms with van der Waals surface area (Å²) in [6.45, 7) is 16.9. The molecule has 0 bridgehead atoms. The average molecular weight is 1020 g/mol. The van der Waals surface area contributed by atoms with Crippen molar-refractivity contribution >= 4 is 35.6 Å². The number of aromatic nitrogens is 4. The van der Waals surface area contributed by atoms with Gasteiger partial charge in [0, 0.05) is 13.1 Å². The molecule has 402 valence electrons. The van der Waals surface area contributed by atoms with Crippen LogP contribution < -0.4 is 40.2 Å². The zero-order chi connectivity index (χ0) is 54.4. The van der Waals surface area contributed by atoms with Crippen molar-refractivity contribution in [2.45, 2.75) is 113 Å². The van der Waals surface area contributed by atoms with Gasteiger partial charge in [-0.15, -0.1) is 0 Å². The van der Waals surface area contributed by atoms with Gasteiger partial charge in [0.1, 0.15) is 48.2 Å². The Labute approximate surface area is 429 Å². The van der Waals surface area contributed by atoms with Gasteiger partial charge in [0.25, 0.3) is 11.8 Å². The van der Waals surface area contributed by atoms with Crippen LogP contribution in [0, 0.1) is 23.7 Å². The van der Waals surface area contributed by atoms with Crippen molar-refractivity contribution in [1.29, 1.82) is 0 Å². The molecule has 3 atom stereocenters. The van der Waals surface area contributed by atoms with E-state index in [2.05, 4.69) is 68.6 Å². The molecule has 1 unspecified atom stereocenters. The van der Waals surface area contributed by atoms with Gasteiger partial charge in [-0.2, -0.15) is 10.2 Å². The van der Waals surface area contributed by atoms with Crippen molar-refractivity contribution < 1.29 is 57.2 Å². The fourth-order valence-electron chi connectivity index (χ4n) is 7.74. The van der Waals surface area contributed by atoms with Crippen LogP contribution in [0.1, 0.15) is 108 Å². The number of nitrogens with one attached hydrogen (secondary N) is 4. The number of benzene rings is 2. The maximum Gasteiger partial charge on any atom is 0.325 e. The number of nitrogens with zero attached hydrogens (tertiary/aromatic N) is 4. The number of rotatable bonds is 27. The molecule has 2 aromatic carbocycles. The lowest BCUT2D eigenvalue weighted by Gasteiger charge is -2.19. The Morgan fingerprint density at radius 3 is 1.19 bits per heavy atom. The largest absolute Gasteiger partial charge is 0.496 e. The van der Waals surface area contributed by atoms with Gasteiger partial charge in [-0.3, -0.25) is 38.1 Å². The fourth-order valence-corrected chi connectivity index (χ4v) is 7.74. The van der Waals surface area contributed by atoms with Crippen LogP contribution in [0.3, 0.4) is 0 Å². The Bertz CT molecular complexity index is 2400. The van der Waals surface area contributed by atoms with Crippen LogP contribution in [0.5, 0.6) is 23.0 Å². The van der Waals surface area contributed by atoms with Crippen LogP contribution in [-0.2, 0) is 41.7 Å². The minimum atomic E-state index is -0.842. The Balaban J connectivity index is 0.000000385. The molecule has 20 nitrogen and oxygen atoms in total. The topological polar surface area (TPSA) is 242 Å². The van der Waals surface area contributed by atoms with E-state index in [9.17, 15) is 28.8 Å². The molecule has 4 rings (SSSR count). The maximum absolute atomic E-state index is 13.3. The number of ether oxygens (including phenoxy) is 6. The molecule has 4 aromatic rings. The van der Waals surface area contributed by atoms with Crippen molar-refractivity contribution in [3.63, 3.8) is 0 Å². The van der Waals surface area contributed by atoms with E-state index in [0.29, 0.717) is 83.3 Å². The first-order valence-electron chi connectivity index (χ1n) is 24.7. The number of amides is 4. The smallest absolute Gasteiger partial charge is 0.325 e. The standard InChI is InChI=1S/C27H40N4O6.C26H38N4O6/c1-8-18(9-2)16-31-21(25-22(35-5)11-10-12-23(25)36-6)14-20(30-31)27(34)29-19(13-17(3)4)26(33)28-15-24(32)37-7;1-8-17(4)15-30-20(24-21(34-5)10-9-11-22(24)35-6)13-19(29-30)26(33)28-18(12-16(2)3)25(32)27-14-23(31)36-7/h10-12,14,17-19H,8-9,13,15-16H2,1-7H3,(H,28,33)(H,29,34);9-11,13,16-18H,8,12,14-15H2,1-7H3,(H,27,32)(H,28,33)/t19-;17?,18-/m00/s1. The molecule has 0 aliphatic heterocycles. The first-order chi connectivity index (χ1) is 34.8. The van der Waals surface area contributed by atoms with E-state index in [4.69, 9.17) is 18.9 Å². The molecule has 2 aromatic heterocycles. The summed E-state index contributed by atoms with van der Waals surface area (Å²) in [4.78, 5) is 75.0. The third-order valence-electron chi connectivity index (χ3n) is 12.1. The lowest BCUT2D eigenvalue weighted by molar-refractivity contribution is -0.141. The summed E-state index contributed by atoms with van der Waals surface area (Å²) in [5.41, 5.74) is 3.07. The third-order valence-corrected chi connectivity index (χ3v) is 12.1. The second kappa shape index (κ2) is 30.0. The normalized spacial score (nSPS) is 12.2. The van der Waals surface area contributed by atoms with Crippen LogP contribution in [0.15, 0.2) is 48.5 Å². The first-order valence-corrected chi connectivity index (χ1v) is 24.7. The van der Waals surface area contributed by atoms with Crippen LogP contribution in [0.4, 0.5) is 0 Å². The summed E-state index contributed by atoms with van der Waals surface area (Å²) >= 11 is 0. The molecule has 20 heteroatoms. The van der Waals surface area contributed by atoms with Gasteiger partial charge >= 0.3 is 11.9 Å². The van der Waals surface area contributed by atoms with E-state index in [-0.39, 0.29) is 36.3 Å². The monoisotopic (exact) mass is 1020 g/mol. The number of esters is 2. The minimum absolute atomic E-state index is 0.120. The Morgan fingerprint density at radius 1 is 0.534 bits per heavy atom. The van der Waals surface area contributed by atoms with E-state index in [1.165, 1.54) is 14.2 Å². The van der Waals surface area contributed by atoms with E-state index < -0.39 is 47.7 Å². The summed E-state index contributed by atoms with van der Waals surface area (Å²) in [5, 5.41) is 19.8.